The number of hydrogen-bond acceptors (Lipinski definition) is 4. The van der Waals surface area contributed by atoms with Crippen LogP contribution in [0.3, 0.4) is 0 Å². The predicted molar refractivity (Wildman–Crippen MR) is 85.3 cm³/mol. The highest BCUT2D eigenvalue weighted by Gasteiger charge is 2.09. The van der Waals surface area contributed by atoms with Crippen LogP contribution in [0.25, 0.3) is 11.5 Å². The van der Waals surface area contributed by atoms with E-state index in [-0.39, 0.29) is 6.61 Å². The zero-order valence-electron chi connectivity index (χ0n) is 11.7. The van der Waals surface area contributed by atoms with Gasteiger partial charge in [0.05, 0.1) is 0 Å². The number of benzene rings is 2. The summed E-state index contributed by atoms with van der Waals surface area (Å²) in [4.78, 5) is 0. The lowest BCUT2D eigenvalue weighted by Gasteiger charge is -2.05. The molecule has 0 bridgehead atoms. The quantitative estimate of drug-likeness (QED) is 0.678. The van der Waals surface area contributed by atoms with Gasteiger partial charge in [-0.25, -0.2) is 0 Å². The molecule has 0 N–H and O–H groups in total. The molecule has 1 aromatic heterocycles. The Morgan fingerprint density at radius 3 is 2.55 bits per heavy atom. The normalized spacial score (nSPS) is 10.7. The molecular weight excluding hydrogens is 323 g/mol. The monoisotopic (exact) mass is 334 g/mol. The Balaban J connectivity index is 1.69. The summed E-state index contributed by atoms with van der Waals surface area (Å²) >= 11 is 11.8. The van der Waals surface area contributed by atoms with Crippen LogP contribution in [0.4, 0.5) is 0 Å². The van der Waals surface area contributed by atoms with E-state index in [2.05, 4.69) is 10.2 Å². The summed E-state index contributed by atoms with van der Waals surface area (Å²) in [5.74, 6) is 1.54. The van der Waals surface area contributed by atoms with E-state index in [0.717, 1.165) is 11.1 Å². The lowest BCUT2D eigenvalue weighted by atomic mass is 10.2. The number of aryl methyl sites for hydroxylation is 1. The predicted octanol–water partition coefficient (Wildman–Crippen LogP) is 4.93. The third kappa shape index (κ3) is 3.40. The Hall–Kier alpha value is -2.04. The van der Waals surface area contributed by atoms with Crippen molar-refractivity contribution < 1.29 is 9.15 Å². The fourth-order valence-corrected chi connectivity index (χ4v) is 2.12. The minimum absolute atomic E-state index is 0.196. The van der Waals surface area contributed by atoms with Crippen molar-refractivity contribution in [3.63, 3.8) is 0 Å². The van der Waals surface area contributed by atoms with Crippen molar-refractivity contribution in [2.75, 3.05) is 0 Å². The second kappa shape index (κ2) is 6.38. The van der Waals surface area contributed by atoms with Gasteiger partial charge in [-0.1, -0.05) is 23.2 Å². The first kappa shape index (κ1) is 14.9. The van der Waals surface area contributed by atoms with Crippen molar-refractivity contribution in [3.05, 3.63) is 64.0 Å². The zero-order chi connectivity index (χ0) is 15.5. The molecule has 6 heteroatoms. The van der Waals surface area contributed by atoms with Gasteiger partial charge in [0, 0.05) is 15.6 Å². The molecule has 4 nitrogen and oxygen atoms in total. The Labute approximate surface area is 137 Å². The highest BCUT2D eigenvalue weighted by molar-refractivity contribution is 6.31. The Kier molecular flexibility index (Phi) is 4.32. The SMILES string of the molecule is Cc1cc(OCc2nnc(-c3ccc(Cl)cc3)o2)ccc1Cl. The molecule has 0 saturated heterocycles. The molecule has 0 saturated carbocycles. The van der Waals surface area contributed by atoms with E-state index in [0.29, 0.717) is 27.6 Å². The van der Waals surface area contributed by atoms with E-state index >= 15 is 0 Å². The average Bonchev–Trinajstić information content (AvgIpc) is 2.98. The third-order valence-electron chi connectivity index (χ3n) is 3.05. The lowest BCUT2D eigenvalue weighted by Crippen LogP contribution is -1.96. The lowest BCUT2D eigenvalue weighted by molar-refractivity contribution is 0.264. The van der Waals surface area contributed by atoms with Crippen LogP contribution in [-0.2, 0) is 6.61 Å². The molecule has 0 aliphatic carbocycles. The van der Waals surface area contributed by atoms with Crippen LogP contribution in [0.2, 0.25) is 10.0 Å². The molecule has 0 unspecified atom stereocenters. The second-order valence-electron chi connectivity index (χ2n) is 4.71. The summed E-state index contributed by atoms with van der Waals surface area (Å²) in [7, 11) is 0. The summed E-state index contributed by atoms with van der Waals surface area (Å²) in [6.07, 6.45) is 0. The summed E-state index contributed by atoms with van der Waals surface area (Å²) in [6.45, 7) is 2.11. The van der Waals surface area contributed by atoms with E-state index in [4.69, 9.17) is 32.4 Å². The Morgan fingerprint density at radius 2 is 1.82 bits per heavy atom. The first-order valence-corrected chi connectivity index (χ1v) is 7.35. The van der Waals surface area contributed by atoms with Gasteiger partial charge in [-0.3, -0.25) is 0 Å². The average molecular weight is 335 g/mol. The molecule has 112 valence electrons. The first-order valence-electron chi connectivity index (χ1n) is 6.59. The maximum absolute atomic E-state index is 5.97. The topological polar surface area (TPSA) is 48.2 Å². The maximum atomic E-state index is 5.97. The highest BCUT2D eigenvalue weighted by atomic mass is 35.5. The van der Waals surface area contributed by atoms with Gasteiger partial charge in [0.25, 0.3) is 5.89 Å². The highest BCUT2D eigenvalue weighted by Crippen LogP contribution is 2.23. The number of aromatic nitrogens is 2. The van der Waals surface area contributed by atoms with Crippen molar-refractivity contribution in [2.45, 2.75) is 13.5 Å². The summed E-state index contributed by atoms with van der Waals surface area (Å²) in [5, 5.41) is 9.33. The van der Waals surface area contributed by atoms with Crippen LogP contribution in [0.5, 0.6) is 5.75 Å². The smallest absolute Gasteiger partial charge is 0.254 e. The molecule has 0 aliphatic heterocycles. The second-order valence-corrected chi connectivity index (χ2v) is 5.55. The molecule has 22 heavy (non-hydrogen) atoms. The third-order valence-corrected chi connectivity index (χ3v) is 3.73. The summed E-state index contributed by atoms with van der Waals surface area (Å²) in [5.41, 5.74) is 1.76. The molecule has 3 rings (SSSR count). The van der Waals surface area contributed by atoms with Gasteiger partial charge >= 0.3 is 0 Å². The first-order chi connectivity index (χ1) is 10.6. The van der Waals surface area contributed by atoms with Crippen LogP contribution in [0.1, 0.15) is 11.5 Å². The zero-order valence-corrected chi connectivity index (χ0v) is 13.2. The van der Waals surface area contributed by atoms with Gasteiger partial charge in [-0.05, 0) is 55.0 Å². The van der Waals surface area contributed by atoms with Crippen molar-refractivity contribution in [1.82, 2.24) is 10.2 Å². The van der Waals surface area contributed by atoms with Crippen LogP contribution in [0.15, 0.2) is 46.9 Å². The van der Waals surface area contributed by atoms with Crippen LogP contribution >= 0.6 is 23.2 Å². The number of rotatable bonds is 4. The molecule has 0 amide bonds. The van der Waals surface area contributed by atoms with Gasteiger partial charge in [0.1, 0.15) is 5.75 Å². The van der Waals surface area contributed by atoms with Gasteiger partial charge in [0.15, 0.2) is 6.61 Å². The van der Waals surface area contributed by atoms with Gasteiger partial charge in [0.2, 0.25) is 5.89 Å². The van der Waals surface area contributed by atoms with Crippen molar-refractivity contribution in [1.29, 1.82) is 0 Å². The molecule has 0 radical (unpaired) electrons. The fourth-order valence-electron chi connectivity index (χ4n) is 1.87. The van der Waals surface area contributed by atoms with E-state index < -0.39 is 0 Å². The van der Waals surface area contributed by atoms with Crippen molar-refractivity contribution in [2.24, 2.45) is 0 Å². The van der Waals surface area contributed by atoms with Gasteiger partial charge in [-0.2, -0.15) is 0 Å². The molecule has 0 atom stereocenters. The number of hydrogen-bond donors (Lipinski definition) is 0. The number of nitrogens with zero attached hydrogens (tertiary/aromatic N) is 2. The van der Waals surface area contributed by atoms with Crippen LogP contribution in [-0.4, -0.2) is 10.2 Å². The molecule has 0 aliphatic rings. The van der Waals surface area contributed by atoms with Gasteiger partial charge < -0.3 is 9.15 Å². The van der Waals surface area contributed by atoms with Gasteiger partial charge in [-0.15, -0.1) is 10.2 Å². The summed E-state index contributed by atoms with van der Waals surface area (Å²) < 4.78 is 11.2. The van der Waals surface area contributed by atoms with E-state index in [1.54, 1.807) is 24.3 Å². The Bertz CT molecular complexity index is 785. The molecule has 0 spiro atoms. The minimum atomic E-state index is 0.196. The molecular formula is C16H12Cl2N2O2. The molecule has 3 aromatic rings. The largest absolute Gasteiger partial charge is 0.484 e. The van der Waals surface area contributed by atoms with Crippen molar-refractivity contribution >= 4 is 23.2 Å². The van der Waals surface area contributed by atoms with Crippen LogP contribution in [0, 0.1) is 6.92 Å². The van der Waals surface area contributed by atoms with E-state index in [9.17, 15) is 0 Å². The fraction of sp³-hybridized carbons (Fsp3) is 0.125. The minimum Gasteiger partial charge on any atom is -0.484 e. The maximum Gasteiger partial charge on any atom is 0.254 e. The Morgan fingerprint density at radius 1 is 1.05 bits per heavy atom. The van der Waals surface area contributed by atoms with E-state index in [1.165, 1.54) is 0 Å². The molecule has 0 fully saturated rings. The standard InChI is InChI=1S/C16H12Cl2N2O2/c1-10-8-13(6-7-14(10)18)21-9-15-19-20-16(22-15)11-2-4-12(17)5-3-11/h2-8H,9H2,1H3. The summed E-state index contributed by atoms with van der Waals surface area (Å²) in [6, 6.07) is 12.6. The number of halogens is 2. The van der Waals surface area contributed by atoms with Crippen LogP contribution < -0.4 is 4.74 Å². The van der Waals surface area contributed by atoms with E-state index in [1.807, 2.05) is 25.1 Å². The molecule has 1 heterocycles. The number of ether oxygens (including phenoxy) is 1. The van der Waals surface area contributed by atoms with Crippen molar-refractivity contribution in [3.8, 4) is 17.2 Å². The molecule has 2 aromatic carbocycles.